The van der Waals surface area contributed by atoms with Crippen molar-refractivity contribution in [3.05, 3.63) is 35.5 Å². The molecule has 1 rings (SSSR count). The van der Waals surface area contributed by atoms with Crippen LogP contribution in [0.4, 0.5) is 0 Å². The van der Waals surface area contributed by atoms with E-state index in [1.165, 1.54) is 16.7 Å². The molecule has 0 saturated carbocycles. The molecule has 1 aliphatic carbocycles. The van der Waals surface area contributed by atoms with E-state index in [4.69, 9.17) is 0 Å². The second-order valence-electron chi connectivity index (χ2n) is 7.02. The zero-order valence-corrected chi connectivity index (χ0v) is 14.4. The van der Waals surface area contributed by atoms with Crippen LogP contribution in [0.1, 0.15) is 72.6 Å². The van der Waals surface area contributed by atoms with E-state index in [0.29, 0.717) is 24.0 Å². The Bertz CT molecular complexity index is 425. The van der Waals surface area contributed by atoms with Gasteiger partial charge < -0.3 is 0 Å². The van der Waals surface area contributed by atoms with E-state index in [2.05, 4.69) is 46.4 Å². The Morgan fingerprint density at radius 2 is 1.90 bits per heavy atom. The van der Waals surface area contributed by atoms with E-state index in [1.54, 1.807) is 0 Å². The first-order valence-corrected chi connectivity index (χ1v) is 8.36. The second kappa shape index (κ2) is 9.02. The molecule has 0 aromatic rings. The van der Waals surface area contributed by atoms with Gasteiger partial charge in [0.25, 0.3) is 0 Å². The highest BCUT2D eigenvalue weighted by atomic mass is 16.1. The first-order chi connectivity index (χ1) is 9.88. The maximum Gasteiger partial charge on any atom is 0.137 e. The molecule has 2 unspecified atom stereocenters. The van der Waals surface area contributed by atoms with E-state index in [1.807, 2.05) is 0 Å². The molecule has 0 saturated heterocycles. The van der Waals surface area contributed by atoms with Crippen LogP contribution < -0.4 is 0 Å². The van der Waals surface area contributed by atoms with Gasteiger partial charge in [0.2, 0.25) is 0 Å². The number of Topliss-reactive ketones (excluding diaryl/α,β-unsaturated/α-hetero) is 1. The van der Waals surface area contributed by atoms with E-state index in [-0.39, 0.29) is 0 Å². The predicted molar refractivity (Wildman–Crippen MR) is 92.3 cm³/mol. The van der Waals surface area contributed by atoms with Gasteiger partial charge in [-0.1, -0.05) is 42.4 Å². The van der Waals surface area contributed by atoms with Crippen molar-refractivity contribution in [2.24, 2.45) is 11.8 Å². The summed E-state index contributed by atoms with van der Waals surface area (Å²) < 4.78 is 0. The number of carbonyl (C=O) groups excluding carboxylic acids is 1. The van der Waals surface area contributed by atoms with Crippen LogP contribution in [0.15, 0.2) is 35.5 Å². The fraction of sp³-hybridized carbons (Fsp3) is 0.650. The Kier molecular flexibility index (Phi) is 7.71. The van der Waals surface area contributed by atoms with Gasteiger partial charge in [-0.25, -0.2) is 0 Å². The highest BCUT2D eigenvalue weighted by Gasteiger charge is 2.14. The molecular weight excluding hydrogens is 256 g/mol. The van der Waals surface area contributed by atoms with E-state index < -0.39 is 0 Å². The number of hydrogen-bond acceptors (Lipinski definition) is 1. The number of allylic oxidation sites excluding steroid dienone is 5. The molecule has 0 N–H and O–H groups in total. The van der Waals surface area contributed by atoms with Gasteiger partial charge in [-0.2, -0.15) is 0 Å². The zero-order chi connectivity index (χ0) is 15.8. The lowest BCUT2D eigenvalue weighted by Gasteiger charge is -2.19. The molecule has 21 heavy (non-hydrogen) atoms. The molecule has 0 amide bonds. The lowest BCUT2D eigenvalue weighted by molar-refractivity contribution is -0.119. The van der Waals surface area contributed by atoms with Crippen molar-refractivity contribution < 1.29 is 4.79 Å². The summed E-state index contributed by atoms with van der Waals surface area (Å²) >= 11 is 0. The van der Waals surface area contributed by atoms with Crippen LogP contribution >= 0.6 is 0 Å². The van der Waals surface area contributed by atoms with Crippen LogP contribution in [-0.4, -0.2) is 5.78 Å². The Morgan fingerprint density at radius 1 is 1.19 bits per heavy atom. The predicted octanol–water partition coefficient (Wildman–Crippen LogP) is 6.02. The monoisotopic (exact) mass is 288 g/mol. The third-order valence-corrected chi connectivity index (χ3v) is 4.54. The molecule has 2 atom stereocenters. The van der Waals surface area contributed by atoms with Crippen molar-refractivity contribution in [1.29, 1.82) is 0 Å². The summed E-state index contributed by atoms with van der Waals surface area (Å²) in [6.07, 6.45) is 11.5. The summed E-state index contributed by atoms with van der Waals surface area (Å²) in [7, 11) is 0. The van der Waals surface area contributed by atoms with Gasteiger partial charge in [0.05, 0.1) is 0 Å². The lowest BCUT2D eigenvalue weighted by Crippen LogP contribution is -2.09. The average molecular weight is 288 g/mol. The normalized spacial score (nSPS) is 31.5. The maximum atomic E-state index is 12.1. The van der Waals surface area contributed by atoms with E-state index >= 15 is 0 Å². The van der Waals surface area contributed by atoms with Crippen molar-refractivity contribution in [2.75, 3.05) is 0 Å². The largest absolute Gasteiger partial charge is 0.299 e. The minimum Gasteiger partial charge on any atom is -0.299 e. The molecule has 1 aliphatic rings. The molecular formula is C20H32O. The van der Waals surface area contributed by atoms with E-state index in [9.17, 15) is 4.79 Å². The molecule has 0 spiro atoms. The fourth-order valence-corrected chi connectivity index (χ4v) is 2.99. The van der Waals surface area contributed by atoms with Crippen LogP contribution in [-0.2, 0) is 4.79 Å². The third-order valence-electron chi connectivity index (χ3n) is 4.54. The highest BCUT2D eigenvalue weighted by molar-refractivity contribution is 5.80. The van der Waals surface area contributed by atoms with Gasteiger partial charge in [-0.05, 0) is 64.7 Å². The smallest absolute Gasteiger partial charge is 0.137 e. The number of ketones is 1. The van der Waals surface area contributed by atoms with Gasteiger partial charge in [0, 0.05) is 12.8 Å². The second-order valence-corrected chi connectivity index (χ2v) is 7.02. The Balaban J connectivity index is 2.79. The van der Waals surface area contributed by atoms with Crippen molar-refractivity contribution in [3.63, 3.8) is 0 Å². The molecule has 0 radical (unpaired) electrons. The van der Waals surface area contributed by atoms with Crippen LogP contribution in [0.3, 0.4) is 0 Å². The molecule has 0 aromatic carbocycles. The van der Waals surface area contributed by atoms with Gasteiger partial charge in [-0.3, -0.25) is 4.79 Å². The topological polar surface area (TPSA) is 17.1 Å². The zero-order valence-electron chi connectivity index (χ0n) is 14.4. The molecule has 0 aromatic heterocycles. The Morgan fingerprint density at radius 3 is 2.57 bits per heavy atom. The summed E-state index contributed by atoms with van der Waals surface area (Å²) in [6, 6.07) is 0. The average Bonchev–Trinajstić information content (AvgIpc) is 2.36. The number of carbonyl (C=O) groups is 1. The summed E-state index contributed by atoms with van der Waals surface area (Å²) in [5.74, 6) is 1.45. The summed E-state index contributed by atoms with van der Waals surface area (Å²) in [5.41, 5.74) is 3.97. The van der Waals surface area contributed by atoms with Crippen LogP contribution in [0.5, 0.6) is 0 Å². The SMILES string of the molecule is C=C(C)C1C/C=C(\C)CC/C=C(\C)CC(=O)CC(C)CC1. The van der Waals surface area contributed by atoms with Gasteiger partial charge in [0.15, 0.2) is 0 Å². The molecule has 1 nitrogen and oxygen atoms in total. The first-order valence-electron chi connectivity index (χ1n) is 8.36. The molecule has 0 bridgehead atoms. The minimum absolute atomic E-state index is 0.396. The molecule has 1 heteroatoms. The maximum absolute atomic E-state index is 12.1. The van der Waals surface area contributed by atoms with E-state index in [0.717, 1.165) is 38.5 Å². The third kappa shape index (κ3) is 7.45. The van der Waals surface area contributed by atoms with Gasteiger partial charge >= 0.3 is 0 Å². The Labute approximate surface area is 131 Å². The van der Waals surface area contributed by atoms with Crippen molar-refractivity contribution in [1.82, 2.24) is 0 Å². The Hall–Kier alpha value is -1.11. The molecule has 0 aliphatic heterocycles. The molecule has 0 fully saturated rings. The van der Waals surface area contributed by atoms with Crippen molar-refractivity contribution in [2.45, 2.75) is 72.6 Å². The van der Waals surface area contributed by atoms with Gasteiger partial charge in [0.1, 0.15) is 5.78 Å². The van der Waals surface area contributed by atoms with Crippen LogP contribution in [0, 0.1) is 11.8 Å². The number of rotatable bonds is 1. The highest BCUT2D eigenvalue weighted by Crippen LogP contribution is 2.26. The first kappa shape index (κ1) is 17.9. The molecule has 0 heterocycles. The quantitative estimate of drug-likeness (QED) is 0.539. The van der Waals surface area contributed by atoms with Crippen molar-refractivity contribution >= 4 is 5.78 Å². The summed E-state index contributed by atoms with van der Waals surface area (Å²) in [6.45, 7) is 12.8. The van der Waals surface area contributed by atoms with Gasteiger partial charge in [-0.15, -0.1) is 0 Å². The number of hydrogen-bond donors (Lipinski definition) is 0. The lowest BCUT2D eigenvalue weighted by atomic mass is 9.86. The summed E-state index contributed by atoms with van der Waals surface area (Å²) in [5, 5.41) is 0. The standard InChI is InChI=1S/C20H32O/c1-15(2)19-11-9-16(3)7-6-8-17(4)13-20(21)14-18(5)10-12-19/h8-9,18-19H,1,6-7,10-14H2,2-5H3/b16-9+,17-8+. The molecule has 118 valence electrons. The van der Waals surface area contributed by atoms with Crippen LogP contribution in [0.2, 0.25) is 0 Å². The minimum atomic E-state index is 0.396. The van der Waals surface area contributed by atoms with Crippen LogP contribution in [0.25, 0.3) is 0 Å². The summed E-state index contributed by atoms with van der Waals surface area (Å²) in [4.78, 5) is 12.1. The van der Waals surface area contributed by atoms with Crippen molar-refractivity contribution in [3.8, 4) is 0 Å². The fourth-order valence-electron chi connectivity index (χ4n) is 2.99.